The van der Waals surface area contributed by atoms with Crippen molar-refractivity contribution in [2.75, 3.05) is 0 Å². The minimum atomic E-state index is -0.0129. The van der Waals surface area contributed by atoms with E-state index in [9.17, 15) is 4.79 Å². The molecule has 108 valence electrons. The number of hydrogen-bond donors (Lipinski definition) is 1. The first-order valence-corrected chi connectivity index (χ1v) is 7.71. The highest BCUT2D eigenvalue weighted by Gasteiger charge is 2.46. The average Bonchev–Trinajstić information content (AvgIpc) is 3.16. The fourth-order valence-corrected chi connectivity index (χ4v) is 3.13. The lowest BCUT2D eigenvalue weighted by Crippen LogP contribution is -2.33. The van der Waals surface area contributed by atoms with Crippen molar-refractivity contribution in [1.82, 2.24) is 10.2 Å². The predicted molar refractivity (Wildman–Crippen MR) is 80.2 cm³/mol. The van der Waals surface area contributed by atoms with Crippen molar-refractivity contribution in [2.24, 2.45) is 5.92 Å². The van der Waals surface area contributed by atoms with Crippen molar-refractivity contribution < 1.29 is 4.79 Å². The molecule has 1 aliphatic heterocycles. The van der Waals surface area contributed by atoms with E-state index in [4.69, 9.17) is 0 Å². The summed E-state index contributed by atoms with van der Waals surface area (Å²) in [5.74, 6) is 0.835. The molecule has 2 aliphatic rings. The van der Waals surface area contributed by atoms with E-state index in [2.05, 4.69) is 55.3 Å². The Kier molecular flexibility index (Phi) is 3.55. The van der Waals surface area contributed by atoms with Crippen molar-refractivity contribution in [1.29, 1.82) is 0 Å². The summed E-state index contributed by atoms with van der Waals surface area (Å²) in [6, 6.07) is 8.95. The summed E-state index contributed by atoms with van der Waals surface area (Å²) in [6.45, 7) is 6.46. The van der Waals surface area contributed by atoms with E-state index in [0.29, 0.717) is 17.9 Å². The summed E-state index contributed by atoms with van der Waals surface area (Å²) in [7, 11) is 0. The third-order valence-electron chi connectivity index (χ3n) is 4.20. The summed E-state index contributed by atoms with van der Waals surface area (Å²) in [4.78, 5) is 14.8. The van der Waals surface area contributed by atoms with Gasteiger partial charge >= 0.3 is 0 Å². The molecule has 0 bridgehead atoms. The van der Waals surface area contributed by atoms with Crippen LogP contribution in [0.5, 0.6) is 0 Å². The monoisotopic (exact) mass is 272 g/mol. The van der Waals surface area contributed by atoms with Crippen LogP contribution in [0.3, 0.4) is 0 Å². The third kappa shape index (κ3) is 2.59. The van der Waals surface area contributed by atoms with Gasteiger partial charge in [0.25, 0.3) is 0 Å². The Morgan fingerprint density at radius 1 is 1.35 bits per heavy atom. The number of carbonyl (C=O) groups is 1. The van der Waals surface area contributed by atoms with E-state index >= 15 is 0 Å². The van der Waals surface area contributed by atoms with Crippen molar-refractivity contribution >= 4 is 5.91 Å². The number of amides is 1. The van der Waals surface area contributed by atoms with Gasteiger partial charge in [0.05, 0.1) is 6.04 Å². The number of rotatable bonds is 4. The van der Waals surface area contributed by atoms with Gasteiger partial charge in [-0.1, -0.05) is 43.7 Å². The number of carbonyl (C=O) groups excluding carboxylic acids is 1. The number of nitrogens with zero attached hydrogens (tertiary/aromatic N) is 1. The molecule has 2 fully saturated rings. The van der Waals surface area contributed by atoms with Crippen molar-refractivity contribution in [3.63, 3.8) is 0 Å². The molecule has 1 aromatic rings. The zero-order valence-electron chi connectivity index (χ0n) is 12.6. The van der Waals surface area contributed by atoms with Crippen LogP contribution in [0.25, 0.3) is 0 Å². The van der Waals surface area contributed by atoms with Crippen LogP contribution in [0.2, 0.25) is 0 Å². The molecule has 0 aromatic heterocycles. The van der Waals surface area contributed by atoms with Crippen molar-refractivity contribution in [3.8, 4) is 0 Å². The van der Waals surface area contributed by atoms with Gasteiger partial charge in [-0.15, -0.1) is 0 Å². The Morgan fingerprint density at radius 2 is 2.10 bits per heavy atom. The minimum Gasteiger partial charge on any atom is -0.319 e. The highest BCUT2D eigenvalue weighted by molar-refractivity contribution is 5.85. The SMILES string of the molecule is Cc1cccc(C2NC(CC(C)C)C(=O)N2C2CC2)c1. The second-order valence-electron chi connectivity index (χ2n) is 6.64. The summed E-state index contributed by atoms with van der Waals surface area (Å²) in [5.41, 5.74) is 2.47. The Morgan fingerprint density at radius 3 is 2.70 bits per heavy atom. The maximum atomic E-state index is 12.7. The molecule has 2 atom stereocenters. The Hall–Kier alpha value is -1.35. The lowest BCUT2D eigenvalue weighted by Gasteiger charge is -2.24. The Labute approximate surface area is 121 Å². The molecule has 1 aliphatic carbocycles. The topological polar surface area (TPSA) is 32.3 Å². The van der Waals surface area contributed by atoms with Crippen LogP contribution in [0, 0.1) is 12.8 Å². The molecule has 1 N–H and O–H groups in total. The van der Waals surface area contributed by atoms with Crippen LogP contribution in [-0.2, 0) is 4.79 Å². The standard InChI is InChI=1S/C17H24N2O/c1-11(2)9-15-17(20)19(14-7-8-14)16(18-15)13-6-4-5-12(3)10-13/h4-6,10-11,14-16,18H,7-9H2,1-3H3. The molecule has 1 aromatic carbocycles. The van der Waals surface area contributed by atoms with Crippen LogP contribution in [-0.4, -0.2) is 22.9 Å². The quantitative estimate of drug-likeness (QED) is 0.914. The summed E-state index contributed by atoms with van der Waals surface area (Å²) in [5, 5.41) is 3.56. The smallest absolute Gasteiger partial charge is 0.241 e. The second kappa shape index (κ2) is 5.21. The van der Waals surface area contributed by atoms with E-state index in [-0.39, 0.29) is 12.2 Å². The van der Waals surface area contributed by atoms with E-state index in [0.717, 1.165) is 19.3 Å². The van der Waals surface area contributed by atoms with Gasteiger partial charge in [0, 0.05) is 6.04 Å². The molecule has 3 nitrogen and oxygen atoms in total. The second-order valence-corrected chi connectivity index (χ2v) is 6.64. The van der Waals surface area contributed by atoms with Gasteiger partial charge in [0.15, 0.2) is 0 Å². The molecule has 0 radical (unpaired) electrons. The van der Waals surface area contributed by atoms with E-state index in [1.165, 1.54) is 11.1 Å². The van der Waals surface area contributed by atoms with Gasteiger partial charge in [0.2, 0.25) is 5.91 Å². The maximum absolute atomic E-state index is 12.7. The molecule has 2 unspecified atom stereocenters. The lowest BCUT2D eigenvalue weighted by atomic mass is 10.0. The molecular formula is C17H24N2O. The molecule has 3 rings (SSSR count). The van der Waals surface area contributed by atoms with Gasteiger partial charge in [-0.25, -0.2) is 0 Å². The van der Waals surface area contributed by atoms with Crippen LogP contribution < -0.4 is 5.32 Å². The average molecular weight is 272 g/mol. The fourth-order valence-electron chi connectivity index (χ4n) is 3.13. The van der Waals surface area contributed by atoms with Crippen LogP contribution in [0.15, 0.2) is 24.3 Å². The molecular weight excluding hydrogens is 248 g/mol. The van der Waals surface area contributed by atoms with Gasteiger partial charge in [0.1, 0.15) is 6.17 Å². The highest BCUT2D eigenvalue weighted by atomic mass is 16.2. The first kappa shape index (κ1) is 13.6. The number of hydrogen-bond acceptors (Lipinski definition) is 2. The summed E-state index contributed by atoms with van der Waals surface area (Å²) < 4.78 is 0. The van der Waals surface area contributed by atoms with Crippen LogP contribution in [0.1, 0.15) is 50.4 Å². The van der Waals surface area contributed by atoms with E-state index in [1.807, 2.05) is 0 Å². The van der Waals surface area contributed by atoms with Crippen molar-refractivity contribution in [3.05, 3.63) is 35.4 Å². The van der Waals surface area contributed by atoms with Crippen LogP contribution >= 0.6 is 0 Å². The summed E-state index contributed by atoms with van der Waals surface area (Å²) in [6.07, 6.45) is 3.30. The fraction of sp³-hybridized carbons (Fsp3) is 0.588. The normalized spacial score (nSPS) is 26.6. The first-order chi connectivity index (χ1) is 9.56. The number of nitrogens with one attached hydrogen (secondary N) is 1. The molecule has 20 heavy (non-hydrogen) atoms. The van der Waals surface area contributed by atoms with Crippen LogP contribution in [0.4, 0.5) is 0 Å². The van der Waals surface area contributed by atoms with Gasteiger partial charge in [-0.2, -0.15) is 0 Å². The maximum Gasteiger partial charge on any atom is 0.241 e. The third-order valence-corrected chi connectivity index (χ3v) is 4.20. The highest BCUT2D eigenvalue weighted by Crippen LogP contribution is 2.38. The van der Waals surface area contributed by atoms with E-state index < -0.39 is 0 Å². The molecule has 1 saturated heterocycles. The molecule has 1 heterocycles. The largest absolute Gasteiger partial charge is 0.319 e. The number of benzene rings is 1. The molecule has 0 spiro atoms. The zero-order chi connectivity index (χ0) is 14.3. The van der Waals surface area contributed by atoms with Gasteiger partial charge in [-0.05, 0) is 37.7 Å². The van der Waals surface area contributed by atoms with Crippen molar-refractivity contribution in [2.45, 2.75) is 58.3 Å². The molecule has 1 amide bonds. The zero-order valence-corrected chi connectivity index (χ0v) is 12.6. The molecule has 1 saturated carbocycles. The van der Waals surface area contributed by atoms with Gasteiger partial charge < -0.3 is 4.90 Å². The number of aryl methyl sites for hydroxylation is 1. The summed E-state index contributed by atoms with van der Waals surface area (Å²) >= 11 is 0. The Balaban J connectivity index is 1.86. The van der Waals surface area contributed by atoms with Gasteiger partial charge in [-0.3, -0.25) is 10.1 Å². The Bertz CT molecular complexity index is 507. The van der Waals surface area contributed by atoms with E-state index in [1.54, 1.807) is 0 Å². The lowest BCUT2D eigenvalue weighted by molar-refractivity contribution is -0.130. The first-order valence-electron chi connectivity index (χ1n) is 7.71. The molecule has 3 heteroatoms. The predicted octanol–water partition coefficient (Wildman–Crippen LogP) is 3.00. The minimum absolute atomic E-state index is 0.0129.